The summed E-state index contributed by atoms with van der Waals surface area (Å²) in [7, 11) is 0. The van der Waals surface area contributed by atoms with Gasteiger partial charge in [0.2, 0.25) is 0 Å². The summed E-state index contributed by atoms with van der Waals surface area (Å²) in [5, 5.41) is 16.4. The molecule has 0 radical (unpaired) electrons. The molecule has 0 bridgehead atoms. The summed E-state index contributed by atoms with van der Waals surface area (Å²) < 4.78 is 5.59. The van der Waals surface area contributed by atoms with Crippen LogP contribution in [0.2, 0.25) is 0 Å². The van der Waals surface area contributed by atoms with Crippen LogP contribution in [0.3, 0.4) is 0 Å². The minimum Gasteiger partial charge on any atom is -0.545 e. The van der Waals surface area contributed by atoms with Crippen molar-refractivity contribution in [2.45, 2.75) is 13.8 Å². The monoisotopic (exact) mass is 417 g/mol. The van der Waals surface area contributed by atoms with Crippen molar-refractivity contribution in [1.29, 1.82) is 0 Å². The van der Waals surface area contributed by atoms with Gasteiger partial charge in [0.1, 0.15) is 5.75 Å². The van der Waals surface area contributed by atoms with Crippen LogP contribution < -0.4 is 20.5 Å². The molecule has 3 aromatic carbocycles. The second-order valence-corrected chi connectivity index (χ2v) is 6.90. The van der Waals surface area contributed by atoms with Crippen LogP contribution in [-0.2, 0) is 4.79 Å². The maximum Gasteiger partial charge on any atom is 0.262 e. The van der Waals surface area contributed by atoms with E-state index in [0.29, 0.717) is 11.4 Å². The van der Waals surface area contributed by atoms with Gasteiger partial charge in [-0.1, -0.05) is 36.4 Å². The third-order valence-corrected chi connectivity index (χ3v) is 4.72. The number of hydrogen-bond acceptors (Lipinski definition) is 5. The maximum atomic E-state index is 12.5. The Labute approximate surface area is 179 Å². The van der Waals surface area contributed by atoms with Gasteiger partial charge in [-0.25, -0.2) is 0 Å². The van der Waals surface area contributed by atoms with Gasteiger partial charge >= 0.3 is 0 Å². The van der Waals surface area contributed by atoms with Crippen LogP contribution in [0.25, 0.3) is 0 Å². The lowest BCUT2D eigenvalue weighted by atomic mass is 10.1. The molecule has 7 heteroatoms. The van der Waals surface area contributed by atoms with Crippen LogP contribution in [-0.4, -0.2) is 24.4 Å². The number of benzene rings is 3. The zero-order chi connectivity index (χ0) is 22.4. The molecule has 0 saturated heterocycles. The van der Waals surface area contributed by atoms with E-state index in [2.05, 4.69) is 10.6 Å². The zero-order valence-electron chi connectivity index (χ0n) is 17.1. The molecule has 3 aromatic rings. The van der Waals surface area contributed by atoms with Gasteiger partial charge in [-0.05, 0) is 55.3 Å². The van der Waals surface area contributed by atoms with Crippen molar-refractivity contribution in [3.8, 4) is 5.75 Å². The Morgan fingerprint density at radius 3 is 2.42 bits per heavy atom. The van der Waals surface area contributed by atoms with Crippen molar-refractivity contribution >= 4 is 29.2 Å². The van der Waals surface area contributed by atoms with Gasteiger partial charge < -0.3 is 25.3 Å². The molecule has 2 amide bonds. The Morgan fingerprint density at radius 2 is 1.65 bits per heavy atom. The van der Waals surface area contributed by atoms with Gasteiger partial charge in [-0.15, -0.1) is 0 Å². The summed E-state index contributed by atoms with van der Waals surface area (Å²) in [6, 6.07) is 17.9. The Morgan fingerprint density at radius 1 is 0.903 bits per heavy atom. The molecule has 0 fully saturated rings. The fourth-order valence-corrected chi connectivity index (χ4v) is 2.92. The number of carboxylic acids is 1. The molecule has 0 unspecified atom stereocenters. The number of carbonyl (C=O) groups excluding carboxylic acids is 3. The minimum absolute atomic E-state index is 0.121. The number of ether oxygens (including phenoxy) is 1. The van der Waals surface area contributed by atoms with Crippen molar-refractivity contribution < 1.29 is 24.2 Å². The van der Waals surface area contributed by atoms with Crippen LogP contribution in [0.5, 0.6) is 5.75 Å². The van der Waals surface area contributed by atoms with E-state index >= 15 is 0 Å². The van der Waals surface area contributed by atoms with Crippen molar-refractivity contribution in [2.24, 2.45) is 0 Å². The van der Waals surface area contributed by atoms with Crippen LogP contribution in [0.15, 0.2) is 66.7 Å². The molecule has 31 heavy (non-hydrogen) atoms. The predicted octanol–water partition coefficient (Wildman–Crippen LogP) is 2.94. The number of aryl methyl sites for hydroxylation is 1. The first-order valence-corrected chi connectivity index (χ1v) is 9.56. The van der Waals surface area contributed by atoms with E-state index in [0.717, 1.165) is 11.1 Å². The molecule has 0 aliphatic heterocycles. The van der Waals surface area contributed by atoms with E-state index in [1.54, 1.807) is 30.3 Å². The van der Waals surface area contributed by atoms with E-state index in [1.807, 2.05) is 26.0 Å². The summed E-state index contributed by atoms with van der Waals surface area (Å²) >= 11 is 0. The van der Waals surface area contributed by atoms with Gasteiger partial charge in [0.25, 0.3) is 11.8 Å². The summed E-state index contributed by atoms with van der Waals surface area (Å²) in [4.78, 5) is 36.0. The van der Waals surface area contributed by atoms with E-state index in [1.165, 1.54) is 24.3 Å². The molecule has 3 rings (SSSR count). The van der Waals surface area contributed by atoms with Crippen LogP contribution >= 0.6 is 0 Å². The molecule has 2 N–H and O–H groups in total. The number of aromatic carboxylic acids is 1. The predicted molar refractivity (Wildman–Crippen MR) is 115 cm³/mol. The number of nitrogens with one attached hydrogen (secondary N) is 2. The number of carboxylic acid groups (broad SMARTS) is 1. The van der Waals surface area contributed by atoms with E-state index in [9.17, 15) is 19.5 Å². The number of para-hydroxylation sites is 1. The SMILES string of the molecule is Cc1cccc(OCC(=O)Nc2cccc(C(=O)Nc3ccccc3C(=O)[O-])c2)c1C. The van der Waals surface area contributed by atoms with Gasteiger partial charge in [0.05, 0.1) is 11.7 Å². The number of anilines is 2. The molecule has 0 atom stereocenters. The number of rotatable bonds is 7. The van der Waals surface area contributed by atoms with Crippen molar-refractivity contribution in [3.05, 3.63) is 89.0 Å². The molecule has 0 aliphatic rings. The summed E-state index contributed by atoms with van der Waals surface area (Å²) in [5.74, 6) is -1.65. The van der Waals surface area contributed by atoms with Gasteiger partial charge in [0, 0.05) is 16.8 Å². The van der Waals surface area contributed by atoms with Gasteiger partial charge in [0.15, 0.2) is 6.61 Å². The Bertz CT molecular complexity index is 1140. The highest BCUT2D eigenvalue weighted by Crippen LogP contribution is 2.21. The first kappa shape index (κ1) is 21.6. The Kier molecular flexibility index (Phi) is 6.67. The van der Waals surface area contributed by atoms with Crippen molar-refractivity contribution in [2.75, 3.05) is 17.2 Å². The third kappa shape index (κ3) is 5.48. The lowest BCUT2D eigenvalue weighted by molar-refractivity contribution is -0.254. The zero-order valence-corrected chi connectivity index (χ0v) is 17.1. The molecular weight excluding hydrogens is 396 g/mol. The molecule has 0 saturated carbocycles. The van der Waals surface area contributed by atoms with Crippen LogP contribution in [0.1, 0.15) is 31.8 Å². The number of hydrogen-bond donors (Lipinski definition) is 2. The van der Waals surface area contributed by atoms with E-state index in [4.69, 9.17) is 4.74 Å². The van der Waals surface area contributed by atoms with Gasteiger partial charge in [-0.3, -0.25) is 9.59 Å². The van der Waals surface area contributed by atoms with Crippen LogP contribution in [0, 0.1) is 13.8 Å². The molecule has 7 nitrogen and oxygen atoms in total. The van der Waals surface area contributed by atoms with E-state index < -0.39 is 11.9 Å². The lowest BCUT2D eigenvalue weighted by Gasteiger charge is -2.13. The second-order valence-electron chi connectivity index (χ2n) is 6.90. The molecule has 0 aromatic heterocycles. The van der Waals surface area contributed by atoms with Gasteiger partial charge in [-0.2, -0.15) is 0 Å². The normalized spacial score (nSPS) is 10.3. The molecule has 0 aliphatic carbocycles. The minimum atomic E-state index is -1.39. The largest absolute Gasteiger partial charge is 0.545 e. The highest BCUT2D eigenvalue weighted by molar-refractivity contribution is 6.08. The standard InChI is InChI=1S/C24H22N2O5/c1-15-7-5-12-21(16(15)2)31-14-22(27)25-18-9-6-8-17(13-18)23(28)26-20-11-4-3-10-19(20)24(29)30/h3-13H,14H2,1-2H3,(H,25,27)(H,26,28)(H,29,30)/p-1. The first-order chi connectivity index (χ1) is 14.8. The Balaban J connectivity index is 1.64. The topological polar surface area (TPSA) is 108 Å². The first-order valence-electron chi connectivity index (χ1n) is 9.56. The molecule has 0 heterocycles. The van der Waals surface area contributed by atoms with Crippen molar-refractivity contribution in [1.82, 2.24) is 0 Å². The highest BCUT2D eigenvalue weighted by atomic mass is 16.5. The third-order valence-electron chi connectivity index (χ3n) is 4.72. The molecular formula is C24H21N2O5-. The number of amides is 2. The average molecular weight is 417 g/mol. The maximum absolute atomic E-state index is 12.5. The highest BCUT2D eigenvalue weighted by Gasteiger charge is 2.12. The summed E-state index contributed by atoms with van der Waals surface area (Å²) in [5.41, 5.74) is 2.70. The number of carbonyl (C=O) groups is 3. The quantitative estimate of drug-likeness (QED) is 0.615. The summed E-state index contributed by atoms with van der Waals surface area (Å²) in [6.45, 7) is 3.70. The fourth-order valence-electron chi connectivity index (χ4n) is 2.92. The fraction of sp³-hybridized carbons (Fsp3) is 0.125. The Hall–Kier alpha value is -4.13. The second kappa shape index (κ2) is 9.58. The summed E-state index contributed by atoms with van der Waals surface area (Å²) in [6.07, 6.45) is 0. The average Bonchev–Trinajstić information content (AvgIpc) is 2.75. The molecule has 158 valence electrons. The lowest BCUT2D eigenvalue weighted by Crippen LogP contribution is -2.25. The van der Waals surface area contributed by atoms with E-state index in [-0.39, 0.29) is 29.3 Å². The van der Waals surface area contributed by atoms with Crippen molar-refractivity contribution in [3.63, 3.8) is 0 Å². The smallest absolute Gasteiger partial charge is 0.262 e. The van der Waals surface area contributed by atoms with Crippen LogP contribution in [0.4, 0.5) is 11.4 Å². The molecule has 0 spiro atoms.